The van der Waals surface area contributed by atoms with E-state index in [-0.39, 0.29) is 18.2 Å². The number of carbonyl (C=O) groups is 1. The molecular formula is C16H13Cl2N5O. The normalized spacial score (nSPS) is 10.8. The van der Waals surface area contributed by atoms with Gasteiger partial charge in [-0.1, -0.05) is 29.3 Å². The standard InChI is InChI=1S/C16H13Cl2N5O/c1-8-3-2-4-10(21-8)7-20-15(24)14-11-5-9(17)6-12(18)13(11)22-16(19)23-14/h2-6H,7H2,1H3,(H,20,24)(H2,19,22,23). The van der Waals surface area contributed by atoms with E-state index in [0.717, 1.165) is 11.4 Å². The zero-order chi connectivity index (χ0) is 17.3. The Balaban J connectivity index is 1.94. The smallest absolute Gasteiger partial charge is 0.271 e. The molecule has 0 aliphatic heterocycles. The van der Waals surface area contributed by atoms with Crippen LogP contribution in [0.25, 0.3) is 10.9 Å². The number of hydrogen-bond donors (Lipinski definition) is 2. The average molecular weight is 362 g/mol. The van der Waals surface area contributed by atoms with Crippen LogP contribution in [-0.2, 0) is 6.54 Å². The molecule has 0 bridgehead atoms. The number of aromatic nitrogens is 3. The van der Waals surface area contributed by atoms with E-state index < -0.39 is 5.91 Å². The second-order valence-corrected chi connectivity index (χ2v) is 6.01. The van der Waals surface area contributed by atoms with Crippen LogP contribution in [0.5, 0.6) is 0 Å². The van der Waals surface area contributed by atoms with Crippen LogP contribution in [-0.4, -0.2) is 20.9 Å². The van der Waals surface area contributed by atoms with Gasteiger partial charge in [0.15, 0.2) is 0 Å². The number of benzene rings is 1. The van der Waals surface area contributed by atoms with Gasteiger partial charge in [-0.3, -0.25) is 9.78 Å². The summed E-state index contributed by atoms with van der Waals surface area (Å²) in [4.78, 5) is 25.0. The number of carbonyl (C=O) groups excluding carboxylic acids is 1. The van der Waals surface area contributed by atoms with Gasteiger partial charge in [0.2, 0.25) is 5.95 Å². The van der Waals surface area contributed by atoms with E-state index in [4.69, 9.17) is 28.9 Å². The van der Waals surface area contributed by atoms with Crippen molar-refractivity contribution in [2.24, 2.45) is 0 Å². The minimum Gasteiger partial charge on any atom is -0.368 e. The highest BCUT2D eigenvalue weighted by molar-refractivity contribution is 6.38. The molecule has 3 N–H and O–H groups in total. The third kappa shape index (κ3) is 3.39. The Morgan fingerprint density at radius 3 is 2.75 bits per heavy atom. The second kappa shape index (κ2) is 6.59. The number of anilines is 1. The van der Waals surface area contributed by atoms with Gasteiger partial charge in [-0.2, -0.15) is 0 Å². The molecule has 1 aromatic carbocycles. The number of pyridine rings is 1. The van der Waals surface area contributed by atoms with E-state index in [0.29, 0.717) is 20.9 Å². The Morgan fingerprint density at radius 2 is 2.00 bits per heavy atom. The van der Waals surface area contributed by atoms with Gasteiger partial charge in [-0.05, 0) is 31.2 Å². The lowest BCUT2D eigenvalue weighted by Crippen LogP contribution is -2.25. The van der Waals surface area contributed by atoms with Gasteiger partial charge in [-0.15, -0.1) is 0 Å². The molecule has 0 saturated carbocycles. The minimum absolute atomic E-state index is 0.0365. The Kier molecular flexibility index (Phi) is 4.51. The van der Waals surface area contributed by atoms with Crippen LogP contribution in [0.3, 0.4) is 0 Å². The second-order valence-electron chi connectivity index (χ2n) is 5.17. The number of rotatable bonds is 3. The third-order valence-electron chi connectivity index (χ3n) is 3.33. The third-order valence-corrected chi connectivity index (χ3v) is 3.83. The quantitative estimate of drug-likeness (QED) is 0.747. The number of amides is 1. The first-order valence-electron chi connectivity index (χ1n) is 7.07. The Bertz CT molecular complexity index is 945. The van der Waals surface area contributed by atoms with Crippen LogP contribution in [0, 0.1) is 6.92 Å². The molecule has 3 aromatic rings. The topological polar surface area (TPSA) is 93.8 Å². The number of nitrogen functional groups attached to an aromatic ring is 1. The van der Waals surface area contributed by atoms with Crippen LogP contribution in [0.1, 0.15) is 21.9 Å². The molecule has 2 heterocycles. The summed E-state index contributed by atoms with van der Waals surface area (Å²) < 4.78 is 0. The number of fused-ring (bicyclic) bond motifs is 1. The Labute approximate surface area is 148 Å². The summed E-state index contributed by atoms with van der Waals surface area (Å²) in [6.07, 6.45) is 0. The number of nitrogens with one attached hydrogen (secondary N) is 1. The maximum absolute atomic E-state index is 12.5. The van der Waals surface area contributed by atoms with Crippen LogP contribution < -0.4 is 11.1 Å². The van der Waals surface area contributed by atoms with Gasteiger partial charge >= 0.3 is 0 Å². The predicted octanol–water partition coefficient (Wildman–Crippen LogP) is 3.15. The summed E-state index contributed by atoms with van der Waals surface area (Å²) in [5.41, 5.74) is 7.81. The van der Waals surface area contributed by atoms with E-state index in [2.05, 4.69) is 20.3 Å². The summed E-state index contributed by atoms with van der Waals surface area (Å²) in [5.74, 6) is -0.443. The fourth-order valence-corrected chi connectivity index (χ4v) is 2.84. The number of halogens is 2. The molecule has 122 valence electrons. The first-order chi connectivity index (χ1) is 11.4. The maximum Gasteiger partial charge on any atom is 0.271 e. The van der Waals surface area contributed by atoms with Crippen molar-refractivity contribution in [2.45, 2.75) is 13.5 Å². The van der Waals surface area contributed by atoms with Crippen molar-refractivity contribution in [3.05, 3.63) is 57.5 Å². The van der Waals surface area contributed by atoms with Crippen molar-refractivity contribution < 1.29 is 4.79 Å². The van der Waals surface area contributed by atoms with E-state index in [9.17, 15) is 4.79 Å². The molecule has 6 nitrogen and oxygen atoms in total. The summed E-state index contributed by atoms with van der Waals surface area (Å²) in [5, 5.41) is 3.90. The molecule has 0 aliphatic carbocycles. The van der Waals surface area contributed by atoms with Gasteiger partial charge in [-0.25, -0.2) is 9.97 Å². The molecule has 1 amide bonds. The highest BCUT2D eigenvalue weighted by atomic mass is 35.5. The predicted molar refractivity (Wildman–Crippen MR) is 94.1 cm³/mol. The summed E-state index contributed by atoms with van der Waals surface area (Å²) in [6, 6.07) is 8.71. The first kappa shape index (κ1) is 16.4. The molecule has 0 unspecified atom stereocenters. The number of aryl methyl sites for hydroxylation is 1. The fraction of sp³-hybridized carbons (Fsp3) is 0.125. The summed E-state index contributed by atoms with van der Waals surface area (Å²) in [6.45, 7) is 2.15. The number of nitrogens with zero attached hydrogens (tertiary/aromatic N) is 3. The molecule has 0 aliphatic rings. The lowest BCUT2D eigenvalue weighted by atomic mass is 10.1. The van der Waals surface area contributed by atoms with Gasteiger partial charge in [0.1, 0.15) is 5.69 Å². The average Bonchev–Trinajstić information content (AvgIpc) is 2.53. The van der Waals surface area contributed by atoms with Crippen LogP contribution in [0.15, 0.2) is 30.3 Å². The lowest BCUT2D eigenvalue weighted by Gasteiger charge is -2.09. The van der Waals surface area contributed by atoms with E-state index in [1.807, 2.05) is 25.1 Å². The van der Waals surface area contributed by atoms with Crippen molar-refractivity contribution in [3.63, 3.8) is 0 Å². The van der Waals surface area contributed by atoms with Crippen LogP contribution in [0.4, 0.5) is 5.95 Å². The maximum atomic E-state index is 12.5. The van der Waals surface area contributed by atoms with Gasteiger partial charge in [0.05, 0.1) is 22.8 Å². The Hall–Kier alpha value is -2.44. The van der Waals surface area contributed by atoms with Crippen LogP contribution in [0.2, 0.25) is 10.0 Å². The molecule has 0 spiro atoms. The van der Waals surface area contributed by atoms with Gasteiger partial charge in [0, 0.05) is 16.1 Å². The van der Waals surface area contributed by atoms with E-state index in [1.54, 1.807) is 6.07 Å². The van der Waals surface area contributed by atoms with Crippen molar-refractivity contribution in [2.75, 3.05) is 5.73 Å². The highest BCUT2D eigenvalue weighted by Gasteiger charge is 2.16. The van der Waals surface area contributed by atoms with Crippen molar-refractivity contribution in [3.8, 4) is 0 Å². The molecule has 0 saturated heterocycles. The molecule has 8 heteroatoms. The monoisotopic (exact) mass is 361 g/mol. The zero-order valence-electron chi connectivity index (χ0n) is 12.7. The number of hydrogen-bond acceptors (Lipinski definition) is 5. The molecule has 24 heavy (non-hydrogen) atoms. The minimum atomic E-state index is -0.407. The van der Waals surface area contributed by atoms with Crippen molar-refractivity contribution in [1.82, 2.24) is 20.3 Å². The molecule has 3 rings (SSSR count). The summed E-state index contributed by atoms with van der Waals surface area (Å²) >= 11 is 12.1. The molecule has 0 radical (unpaired) electrons. The van der Waals surface area contributed by atoms with E-state index in [1.165, 1.54) is 6.07 Å². The summed E-state index contributed by atoms with van der Waals surface area (Å²) in [7, 11) is 0. The van der Waals surface area contributed by atoms with E-state index >= 15 is 0 Å². The molecule has 0 atom stereocenters. The molecule has 0 fully saturated rings. The molecule has 2 aromatic heterocycles. The van der Waals surface area contributed by atoms with Crippen LogP contribution >= 0.6 is 23.2 Å². The lowest BCUT2D eigenvalue weighted by molar-refractivity contribution is 0.0947. The van der Waals surface area contributed by atoms with Crippen molar-refractivity contribution in [1.29, 1.82) is 0 Å². The fourth-order valence-electron chi connectivity index (χ4n) is 2.30. The Morgan fingerprint density at radius 1 is 1.21 bits per heavy atom. The SMILES string of the molecule is Cc1cccc(CNC(=O)c2nc(N)nc3c(Cl)cc(Cl)cc23)n1. The zero-order valence-corrected chi connectivity index (χ0v) is 14.2. The van der Waals surface area contributed by atoms with Gasteiger partial charge < -0.3 is 11.1 Å². The van der Waals surface area contributed by atoms with Gasteiger partial charge in [0.25, 0.3) is 5.91 Å². The number of nitrogens with two attached hydrogens (primary N) is 1. The van der Waals surface area contributed by atoms with Crippen molar-refractivity contribution >= 4 is 46.0 Å². The highest BCUT2D eigenvalue weighted by Crippen LogP contribution is 2.28. The largest absolute Gasteiger partial charge is 0.368 e. The molecular weight excluding hydrogens is 349 g/mol. The first-order valence-corrected chi connectivity index (χ1v) is 7.82.